The number of benzene rings is 2. The first-order chi connectivity index (χ1) is 12.5. The fraction of sp³-hybridized carbons (Fsp3) is 0.300. The lowest BCUT2D eigenvalue weighted by Crippen LogP contribution is -2.37. The van der Waals surface area contributed by atoms with Crippen molar-refractivity contribution in [3.8, 4) is 0 Å². The number of fused-ring (bicyclic) bond motifs is 2. The van der Waals surface area contributed by atoms with Crippen LogP contribution in [0.4, 0.5) is 5.69 Å². The fourth-order valence-electron chi connectivity index (χ4n) is 3.67. The molecule has 0 radical (unpaired) electrons. The predicted molar refractivity (Wildman–Crippen MR) is 105 cm³/mol. The number of nitrogens with one attached hydrogen (secondary N) is 1. The maximum atomic E-state index is 12.8. The summed E-state index contributed by atoms with van der Waals surface area (Å²) in [4.78, 5) is 28.0. The second-order valence-corrected chi connectivity index (χ2v) is 8.38. The number of amides is 2. The predicted octanol–water partition coefficient (Wildman–Crippen LogP) is 4.29. The van der Waals surface area contributed by atoms with Gasteiger partial charge in [0.1, 0.15) is 0 Å². The first-order valence-electron chi connectivity index (χ1n) is 8.63. The molecule has 26 heavy (non-hydrogen) atoms. The van der Waals surface area contributed by atoms with E-state index in [-0.39, 0.29) is 24.3 Å². The monoisotopic (exact) mass is 386 g/mol. The van der Waals surface area contributed by atoms with Crippen molar-refractivity contribution in [2.45, 2.75) is 35.4 Å². The van der Waals surface area contributed by atoms with Gasteiger partial charge in [-0.25, -0.2) is 0 Å². The number of thioether (sulfide) groups is 1. The van der Waals surface area contributed by atoms with Crippen molar-refractivity contribution in [3.05, 3.63) is 58.6 Å². The third kappa shape index (κ3) is 3.21. The standard InChI is InChI=1S/C20H19ClN2O2S/c1-23(16-8-6-12-4-2-3-5-14(12)16)19(24)11-18-20(25)22-15-10-13(21)7-9-17(15)26-18/h2-5,7,9-10,16,18H,6,8,11H2,1H3,(H,22,25)/t16-,18+/m1/s1. The molecule has 1 N–H and O–H groups in total. The van der Waals surface area contributed by atoms with E-state index in [0.29, 0.717) is 10.7 Å². The zero-order chi connectivity index (χ0) is 18.3. The number of hydrogen-bond donors (Lipinski definition) is 1. The van der Waals surface area contributed by atoms with E-state index in [4.69, 9.17) is 11.6 Å². The molecular formula is C20H19ClN2O2S. The van der Waals surface area contributed by atoms with E-state index >= 15 is 0 Å². The summed E-state index contributed by atoms with van der Waals surface area (Å²) in [5, 5.41) is 3.03. The Morgan fingerprint density at radius 2 is 2.12 bits per heavy atom. The molecular weight excluding hydrogens is 368 g/mol. The van der Waals surface area contributed by atoms with E-state index in [1.807, 2.05) is 25.2 Å². The van der Waals surface area contributed by atoms with Crippen LogP contribution in [0.25, 0.3) is 0 Å². The minimum atomic E-state index is -0.421. The third-order valence-electron chi connectivity index (χ3n) is 5.08. The molecule has 1 aliphatic carbocycles. The van der Waals surface area contributed by atoms with Gasteiger partial charge in [-0.15, -0.1) is 11.8 Å². The quantitative estimate of drug-likeness (QED) is 0.856. The molecule has 2 aromatic rings. The third-order valence-corrected chi connectivity index (χ3v) is 6.59. The number of hydrogen-bond acceptors (Lipinski definition) is 3. The lowest BCUT2D eigenvalue weighted by Gasteiger charge is -2.29. The topological polar surface area (TPSA) is 49.4 Å². The average Bonchev–Trinajstić information content (AvgIpc) is 3.06. The first-order valence-corrected chi connectivity index (χ1v) is 9.89. The van der Waals surface area contributed by atoms with Crippen LogP contribution in [0.3, 0.4) is 0 Å². The van der Waals surface area contributed by atoms with Gasteiger partial charge in [-0.2, -0.15) is 0 Å². The van der Waals surface area contributed by atoms with Gasteiger partial charge in [-0.05, 0) is 42.2 Å². The number of nitrogens with zero attached hydrogens (tertiary/aromatic N) is 1. The van der Waals surface area contributed by atoms with Gasteiger partial charge in [0, 0.05) is 23.4 Å². The largest absolute Gasteiger partial charge is 0.339 e. The Hall–Kier alpha value is -1.98. The fourth-order valence-corrected chi connectivity index (χ4v) is 4.92. The Morgan fingerprint density at radius 3 is 2.96 bits per heavy atom. The first kappa shape index (κ1) is 17.4. The molecule has 0 saturated carbocycles. The van der Waals surface area contributed by atoms with Crippen LogP contribution in [0.2, 0.25) is 5.02 Å². The summed E-state index contributed by atoms with van der Waals surface area (Å²) < 4.78 is 0. The summed E-state index contributed by atoms with van der Waals surface area (Å²) in [5.41, 5.74) is 3.26. The van der Waals surface area contributed by atoms with Crippen LogP contribution in [-0.2, 0) is 16.0 Å². The molecule has 2 aromatic carbocycles. The summed E-state index contributed by atoms with van der Waals surface area (Å²) in [5.74, 6) is -0.143. The highest BCUT2D eigenvalue weighted by Crippen LogP contribution is 2.39. The molecule has 2 aliphatic rings. The van der Waals surface area contributed by atoms with Gasteiger partial charge < -0.3 is 10.2 Å². The number of aryl methyl sites for hydroxylation is 1. The van der Waals surface area contributed by atoms with Crippen LogP contribution in [0.1, 0.15) is 30.0 Å². The van der Waals surface area contributed by atoms with Crippen LogP contribution in [0.5, 0.6) is 0 Å². The van der Waals surface area contributed by atoms with Crippen LogP contribution in [-0.4, -0.2) is 29.0 Å². The summed E-state index contributed by atoms with van der Waals surface area (Å²) >= 11 is 7.41. The van der Waals surface area contributed by atoms with Crippen molar-refractivity contribution in [1.29, 1.82) is 0 Å². The van der Waals surface area contributed by atoms with Gasteiger partial charge in [-0.3, -0.25) is 9.59 Å². The Labute approximate surface area is 161 Å². The van der Waals surface area contributed by atoms with E-state index in [9.17, 15) is 9.59 Å². The van der Waals surface area contributed by atoms with Crippen molar-refractivity contribution in [2.75, 3.05) is 12.4 Å². The Bertz CT molecular complexity index is 886. The molecule has 6 heteroatoms. The highest BCUT2D eigenvalue weighted by molar-refractivity contribution is 8.01. The molecule has 0 fully saturated rings. The van der Waals surface area contributed by atoms with E-state index in [0.717, 1.165) is 17.7 Å². The van der Waals surface area contributed by atoms with Crippen molar-refractivity contribution in [2.24, 2.45) is 0 Å². The summed E-state index contributed by atoms with van der Waals surface area (Å²) in [6, 6.07) is 13.8. The van der Waals surface area contributed by atoms with Crippen molar-refractivity contribution in [1.82, 2.24) is 4.90 Å². The van der Waals surface area contributed by atoms with Crippen LogP contribution in [0, 0.1) is 0 Å². The van der Waals surface area contributed by atoms with Gasteiger partial charge in [0.25, 0.3) is 0 Å². The van der Waals surface area contributed by atoms with Gasteiger partial charge >= 0.3 is 0 Å². The highest BCUT2D eigenvalue weighted by Gasteiger charge is 2.33. The minimum absolute atomic E-state index is 0.00299. The number of rotatable bonds is 3. The van der Waals surface area contributed by atoms with Crippen molar-refractivity contribution in [3.63, 3.8) is 0 Å². The summed E-state index contributed by atoms with van der Waals surface area (Å²) in [6.07, 6.45) is 2.12. The van der Waals surface area contributed by atoms with Gasteiger partial charge in [0.15, 0.2) is 0 Å². The van der Waals surface area contributed by atoms with E-state index in [2.05, 4.69) is 17.4 Å². The smallest absolute Gasteiger partial charge is 0.238 e. The molecule has 2 amide bonds. The second-order valence-electron chi connectivity index (χ2n) is 6.70. The van der Waals surface area contributed by atoms with Crippen LogP contribution >= 0.6 is 23.4 Å². The van der Waals surface area contributed by atoms with E-state index < -0.39 is 5.25 Å². The number of carbonyl (C=O) groups excluding carboxylic acids is 2. The zero-order valence-corrected chi connectivity index (χ0v) is 15.9. The Balaban J connectivity index is 1.47. The lowest BCUT2D eigenvalue weighted by atomic mass is 10.1. The Kier molecular flexibility index (Phi) is 4.67. The molecule has 0 saturated heterocycles. The second kappa shape index (κ2) is 6.97. The molecule has 0 spiro atoms. The van der Waals surface area contributed by atoms with Gasteiger partial charge in [-0.1, -0.05) is 35.9 Å². The number of carbonyl (C=O) groups is 2. The van der Waals surface area contributed by atoms with Crippen LogP contribution in [0.15, 0.2) is 47.4 Å². The van der Waals surface area contributed by atoms with Crippen LogP contribution < -0.4 is 5.32 Å². The SMILES string of the molecule is CN(C(=O)C[C@@H]1Sc2ccc(Cl)cc2NC1=O)[C@@H]1CCc2ccccc21. The molecule has 2 atom stereocenters. The molecule has 0 aromatic heterocycles. The normalized spacial score (nSPS) is 20.9. The van der Waals surface area contributed by atoms with Crippen molar-refractivity contribution >= 4 is 40.9 Å². The summed E-state index contributed by atoms with van der Waals surface area (Å²) in [6.45, 7) is 0. The lowest BCUT2D eigenvalue weighted by molar-refractivity contribution is -0.133. The maximum Gasteiger partial charge on any atom is 0.238 e. The maximum absolute atomic E-state index is 12.8. The Morgan fingerprint density at radius 1 is 1.31 bits per heavy atom. The molecule has 4 rings (SSSR count). The molecule has 1 heterocycles. The van der Waals surface area contributed by atoms with E-state index in [1.54, 1.807) is 17.0 Å². The number of halogens is 1. The molecule has 4 nitrogen and oxygen atoms in total. The molecule has 1 aliphatic heterocycles. The highest BCUT2D eigenvalue weighted by atomic mass is 35.5. The van der Waals surface area contributed by atoms with E-state index in [1.165, 1.54) is 22.9 Å². The minimum Gasteiger partial charge on any atom is -0.339 e. The molecule has 0 unspecified atom stereocenters. The molecule has 134 valence electrons. The average molecular weight is 387 g/mol. The van der Waals surface area contributed by atoms with Gasteiger partial charge in [0.2, 0.25) is 11.8 Å². The molecule has 0 bridgehead atoms. The van der Waals surface area contributed by atoms with Crippen molar-refractivity contribution < 1.29 is 9.59 Å². The number of anilines is 1. The zero-order valence-electron chi connectivity index (χ0n) is 14.4. The summed E-state index contributed by atoms with van der Waals surface area (Å²) in [7, 11) is 1.84. The van der Waals surface area contributed by atoms with Gasteiger partial charge in [0.05, 0.1) is 17.0 Å².